The van der Waals surface area contributed by atoms with E-state index in [4.69, 9.17) is 4.42 Å². The number of rotatable bonds is 7. The Bertz CT molecular complexity index is 692. The third kappa shape index (κ3) is 3.86. The molecule has 0 bridgehead atoms. The highest BCUT2D eigenvalue weighted by molar-refractivity contribution is 7.89. The molecule has 1 aromatic heterocycles. The molecule has 0 radical (unpaired) electrons. The van der Waals surface area contributed by atoms with Crippen LogP contribution >= 0.6 is 0 Å². The summed E-state index contributed by atoms with van der Waals surface area (Å²) in [5, 5.41) is 3.22. The molecule has 0 amide bonds. The van der Waals surface area contributed by atoms with Gasteiger partial charge in [0.1, 0.15) is 5.76 Å². The first-order chi connectivity index (χ1) is 10.1. The lowest BCUT2D eigenvalue weighted by molar-refractivity contribution is 0.417. The summed E-state index contributed by atoms with van der Waals surface area (Å²) in [6, 6.07) is 11.2. The Morgan fingerprint density at radius 2 is 1.90 bits per heavy atom. The number of aryl methyl sites for hydroxylation is 1. The van der Waals surface area contributed by atoms with Gasteiger partial charge in [0, 0.05) is 5.69 Å². The quantitative estimate of drug-likeness (QED) is 0.825. The van der Waals surface area contributed by atoms with Crippen LogP contribution in [0.2, 0.25) is 0 Å². The van der Waals surface area contributed by atoms with Gasteiger partial charge in [0.25, 0.3) is 10.0 Å². The molecule has 0 aliphatic heterocycles. The molecule has 0 aliphatic carbocycles. The van der Waals surface area contributed by atoms with E-state index < -0.39 is 10.0 Å². The summed E-state index contributed by atoms with van der Waals surface area (Å²) < 4.78 is 30.8. The van der Waals surface area contributed by atoms with Crippen LogP contribution in [-0.4, -0.2) is 15.5 Å². The lowest BCUT2D eigenvalue weighted by Gasteiger charge is -2.10. The van der Waals surface area contributed by atoms with Gasteiger partial charge in [-0.25, -0.2) is 13.1 Å². The molecule has 2 aromatic rings. The zero-order valence-electron chi connectivity index (χ0n) is 12.2. The van der Waals surface area contributed by atoms with E-state index in [2.05, 4.69) is 23.0 Å². The van der Waals surface area contributed by atoms with E-state index in [9.17, 15) is 8.42 Å². The third-order valence-electron chi connectivity index (χ3n) is 3.16. The fourth-order valence-corrected chi connectivity index (χ4v) is 2.73. The molecule has 0 spiro atoms. The predicted molar refractivity (Wildman–Crippen MR) is 82.7 cm³/mol. The Hall–Kier alpha value is -1.79. The molecule has 5 nitrogen and oxygen atoms in total. The standard InChI is InChI=1S/C15H20N2O3S/c1-3-6-12-7-4-5-8-14(12)17-11-13-9-10-15(20-13)21(18,19)16-2/h4-5,7-10,16-17H,3,6,11H2,1-2H3. The van der Waals surface area contributed by atoms with E-state index in [1.165, 1.54) is 18.7 Å². The second-order valence-electron chi connectivity index (χ2n) is 4.69. The van der Waals surface area contributed by atoms with Gasteiger partial charge in [0.05, 0.1) is 6.54 Å². The molecule has 2 rings (SSSR count). The molecule has 0 atom stereocenters. The van der Waals surface area contributed by atoms with Crippen molar-refractivity contribution in [3.05, 3.63) is 47.7 Å². The van der Waals surface area contributed by atoms with Crippen LogP contribution in [0, 0.1) is 0 Å². The maximum absolute atomic E-state index is 11.6. The van der Waals surface area contributed by atoms with E-state index in [1.807, 2.05) is 18.2 Å². The lowest BCUT2D eigenvalue weighted by Crippen LogP contribution is -2.17. The molecule has 2 N–H and O–H groups in total. The molecule has 21 heavy (non-hydrogen) atoms. The van der Waals surface area contributed by atoms with Gasteiger partial charge >= 0.3 is 0 Å². The van der Waals surface area contributed by atoms with Gasteiger partial charge in [0.2, 0.25) is 5.09 Å². The Balaban J connectivity index is 2.07. The van der Waals surface area contributed by atoms with Crippen molar-refractivity contribution < 1.29 is 12.8 Å². The Kier molecular flexibility index (Phi) is 5.03. The van der Waals surface area contributed by atoms with Crippen molar-refractivity contribution in [3.8, 4) is 0 Å². The van der Waals surface area contributed by atoms with E-state index in [0.717, 1.165) is 18.5 Å². The van der Waals surface area contributed by atoms with Crippen molar-refractivity contribution >= 4 is 15.7 Å². The highest BCUT2D eigenvalue weighted by Crippen LogP contribution is 2.19. The first-order valence-corrected chi connectivity index (χ1v) is 8.39. The summed E-state index contributed by atoms with van der Waals surface area (Å²) in [6.45, 7) is 2.58. The second kappa shape index (κ2) is 6.78. The van der Waals surface area contributed by atoms with Gasteiger partial charge in [0.15, 0.2) is 0 Å². The van der Waals surface area contributed by atoms with Crippen molar-refractivity contribution in [1.29, 1.82) is 0 Å². The van der Waals surface area contributed by atoms with Gasteiger partial charge in [-0.2, -0.15) is 0 Å². The van der Waals surface area contributed by atoms with Crippen LogP contribution in [0.5, 0.6) is 0 Å². The van der Waals surface area contributed by atoms with Crippen molar-refractivity contribution in [2.24, 2.45) is 0 Å². The monoisotopic (exact) mass is 308 g/mol. The number of benzene rings is 1. The molecule has 0 fully saturated rings. The molecule has 0 unspecified atom stereocenters. The van der Waals surface area contributed by atoms with Crippen LogP contribution in [0.4, 0.5) is 5.69 Å². The number of sulfonamides is 1. The van der Waals surface area contributed by atoms with Crippen LogP contribution in [0.3, 0.4) is 0 Å². The summed E-state index contributed by atoms with van der Waals surface area (Å²) >= 11 is 0. The van der Waals surface area contributed by atoms with Crippen molar-refractivity contribution in [2.75, 3.05) is 12.4 Å². The van der Waals surface area contributed by atoms with Gasteiger partial charge in [-0.05, 0) is 37.2 Å². The van der Waals surface area contributed by atoms with Crippen LogP contribution in [0.1, 0.15) is 24.7 Å². The van der Waals surface area contributed by atoms with Gasteiger partial charge in [-0.1, -0.05) is 31.5 Å². The molecule has 0 aliphatic rings. The highest BCUT2D eigenvalue weighted by Gasteiger charge is 2.16. The predicted octanol–water partition coefficient (Wildman–Crippen LogP) is 2.75. The molecule has 0 saturated carbocycles. The molecule has 1 heterocycles. The van der Waals surface area contributed by atoms with Crippen molar-refractivity contribution in [3.63, 3.8) is 0 Å². The minimum Gasteiger partial charge on any atom is -0.446 e. The summed E-state index contributed by atoms with van der Waals surface area (Å²) in [4.78, 5) is 0. The van der Waals surface area contributed by atoms with Crippen LogP contribution in [0.15, 0.2) is 45.9 Å². The molecular weight excluding hydrogens is 288 g/mol. The summed E-state index contributed by atoms with van der Waals surface area (Å²) in [5.74, 6) is 0.579. The van der Waals surface area contributed by atoms with Gasteiger partial charge in [-0.3, -0.25) is 0 Å². The van der Waals surface area contributed by atoms with Gasteiger partial charge in [-0.15, -0.1) is 0 Å². The van der Waals surface area contributed by atoms with E-state index in [-0.39, 0.29) is 5.09 Å². The van der Waals surface area contributed by atoms with Crippen molar-refractivity contribution in [2.45, 2.75) is 31.4 Å². The SMILES string of the molecule is CCCc1ccccc1NCc1ccc(S(=O)(=O)NC)o1. The number of para-hydroxylation sites is 1. The molecule has 0 saturated heterocycles. The normalized spacial score (nSPS) is 11.5. The largest absolute Gasteiger partial charge is 0.446 e. The first kappa shape index (κ1) is 15.6. The topological polar surface area (TPSA) is 71.3 Å². The number of hydrogen-bond donors (Lipinski definition) is 2. The Morgan fingerprint density at radius 1 is 1.14 bits per heavy atom. The Labute approximate surface area is 125 Å². The molecular formula is C15H20N2O3S. The Morgan fingerprint density at radius 3 is 2.62 bits per heavy atom. The lowest BCUT2D eigenvalue weighted by atomic mass is 10.1. The zero-order chi connectivity index (χ0) is 15.3. The number of hydrogen-bond acceptors (Lipinski definition) is 4. The van der Waals surface area contributed by atoms with E-state index in [0.29, 0.717) is 12.3 Å². The second-order valence-corrected chi connectivity index (χ2v) is 6.51. The summed E-state index contributed by atoms with van der Waals surface area (Å²) in [6.07, 6.45) is 2.07. The minimum atomic E-state index is -3.52. The average molecular weight is 308 g/mol. The van der Waals surface area contributed by atoms with Gasteiger partial charge < -0.3 is 9.73 Å². The van der Waals surface area contributed by atoms with E-state index in [1.54, 1.807) is 6.07 Å². The zero-order valence-corrected chi connectivity index (χ0v) is 13.0. The van der Waals surface area contributed by atoms with Crippen LogP contribution < -0.4 is 10.0 Å². The van der Waals surface area contributed by atoms with Crippen molar-refractivity contribution in [1.82, 2.24) is 4.72 Å². The maximum atomic E-state index is 11.6. The molecule has 6 heteroatoms. The summed E-state index contributed by atoms with van der Waals surface area (Å²) in [5.41, 5.74) is 2.29. The highest BCUT2D eigenvalue weighted by atomic mass is 32.2. The smallest absolute Gasteiger partial charge is 0.273 e. The van der Waals surface area contributed by atoms with Crippen LogP contribution in [0.25, 0.3) is 0 Å². The number of nitrogens with one attached hydrogen (secondary N) is 2. The van der Waals surface area contributed by atoms with E-state index >= 15 is 0 Å². The fourth-order valence-electron chi connectivity index (χ4n) is 2.06. The number of furan rings is 1. The molecule has 1 aromatic carbocycles. The minimum absolute atomic E-state index is 0.0661. The third-order valence-corrected chi connectivity index (χ3v) is 4.45. The first-order valence-electron chi connectivity index (χ1n) is 6.91. The van der Waals surface area contributed by atoms with Crippen LogP contribution in [-0.2, 0) is 23.0 Å². The maximum Gasteiger partial charge on any atom is 0.273 e. The molecule has 114 valence electrons. The number of anilines is 1. The average Bonchev–Trinajstić information content (AvgIpc) is 2.96. The fraction of sp³-hybridized carbons (Fsp3) is 0.333. The summed E-state index contributed by atoms with van der Waals surface area (Å²) in [7, 11) is -2.16.